The van der Waals surface area contributed by atoms with Gasteiger partial charge in [-0.15, -0.1) is 0 Å². The fraction of sp³-hybridized carbons (Fsp3) is 0.273. The van der Waals surface area contributed by atoms with Crippen molar-refractivity contribution in [2.24, 2.45) is 0 Å². The van der Waals surface area contributed by atoms with E-state index in [2.05, 4.69) is 15.9 Å². The average Bonchev–Trinajstić information content (AvgIpc) is 2.68. The first-order valence-electron chi connectivity index (χ1n) is 9.27. The standard InChI is InChI=1S/C22H17BrF3NO2/c23-15-8-10-16(11-9-15)27-18-2-1-3-19(28)21(18)17(12-20(27)29)13-4-6-14(7-5-13)22(24,25)26/h4-11,17H,1-3,12H2. The molecule has 1 heterocycles. The van der Waals surface area contributed by atoms with Gasteiger partial charge in [-0.05, 0) is 54.8 Å². The number of carbonyl (C=O) groups is 2. The largest absolute Gasteiger partial charge is 0.416 e. The van der Waals surface area contributed by atoms with E-state index in [9.17, 15) is 22.8 Å². The van der Waals surface area contributed by atoms with Crippen molar-refractivity contribution >= 4 is 33.3 Å². The van der Waals surface area contributed by atoms with Crippen molar-refractivity contribution in [3.05, 3.63) is 75.4 Å². The van der Waals surface area contributed by atoms with Crippen molar-refractivity contribution in [3.8, 4) is 0 Å². The van der Waals surface area contributed by atoms with Crippen LogP contribution >= 0.6 is 15.9 Å². The maximum Gasteiger partial charge on any atom is 0.416 e. The summed E-state index contributed by atoms with van der Waals surface area (Å²) in [4.78, 5) is 27.4. The Morgan fingerprint density at radius 1 is 0.931 bits per heavy atom. The third-order valence-corrected chi connectivity index (χ3v) is 5.93. The number of benzene rings is 2. The van der Waals surface area contributed by atoms with Crippen LogP contribution in [-0.2, 0) is 15.8 Å². The van der Waals surface area contributed by atoms with Crippen LogP contribution in [0.1, 0.15) is 42.7 Å². The summed E-state index contributed by atoms with van der Waals surface area (Å²) in [5.41, 5.74) is 1.73. The highest BCUT2D eigenvalue weighted by Gasteiger charge is 2.40. The summed E-state index contributed by atoms with van der Waals surface area (Å²) in [5, 5.41) is 0. The van der Waals surface area contributed by atoms with Crippen LogP contribution in [0.15, 0.2) is 64.3 Å². The van der Waals surface area contributed by atoms with E-state index in [1.807, 2.05) is 24.3 Å². The van der Waals surface area contributed by atoms with Crippen molar-refractivity contribution in [2.45, 2.75) is 37.8 Å². The van der Waals surface area contributed by atoms with Crippen LogP contribution in [0.3, 0.4) is 0 Å². The maximum atomic E-state index is 13.0. The third kappa shape index (κ3) is 3.75. The van der Waals surface area contributed by atoms with Crippen molar-refractivity contribution in [1.82, 2.24) is 0 Å². The Labute approximate surface area is 174 Å². The lowest BCUT2D eigenvalue weighted by molar-refractivity contribution is -0.137. The van der Waals surface area contributed by atoms with Crippen molar-refractivity contribution in [3.63, 3.8) is 0 Å². The van der Waals surface area contributed by atoms with Crippen LogP contribution in [-0.4, -0.2) is 11.7 Å². The number of carbonyl (C=O) groups excluding carboxylic acids is 2. The summed E-state index contributed by atoms with van der Waals surface area (Å²) in [5.74, 6) is -0.712. The van der Waals surface area contributed by atoms with Crippen LogP contribution in [0.2, 0.25) is 0 Å². The number of ketones is 1. The summed E-state index contributed by atoms with van der Waals surface area (Å²) < 4.78 is 39.6. The van der Waals surface area contributed by atoms with E-state index < -0.39 is 17.7 Å². The van der Waals surface area contributed by atoms with Gasteiger partial charge in [-0.25, -0.2) is 0 Å². The molecule has 1 atom stereocenters. The maximum absolute atomic E-state index is 13.0. The van der Waals surface area contributed by atoms with Crippen LogP contribution in [0.25, 0.3) is 0 Å². The molecule has 0 bridgehead atoms. The molecule has 2 aromatic carbocycles. The van der Waals surface area contributed by atoms with Gasteiger partial charge in [0.2, 0.25) is 5.91 Å². The molecule has 0 N–H and O–H groups in total. The molecule has 2 aromatic rings. The smallest absolute Gasteiger partial charge is 0.294 e. The van der Waals surface area contributed by atoms with Gasteiger partial charge in [-0.3, -0.25) is 14.5 Å². The molecule has 3 nitrogen and oxygen atoms in total. The number of halogens is 4. The monoisotopic (exact) mass is 463 g/mol. The second-order valence-electron chi connectivity index (χ2n) is 7.22. The topological polar surface area (TPSA) is 37.4 Å². The fourth-order valence-corrected chi connectivity index (χ4v) is 4.34. The van der Waals surface area contributed by atoms with Crippen molar-refractivity contribution in [2.75, 3.05) is 4.90 Å². The summed E-state index contributed by atoms with van der Waals surface area (Å²) >= 11 is 3.37. The zero-order valence-electron chi connectivity index (χ0n) is 15.3. The third-order valence-electron chi connectivity index (χ3n) is 5.40. The van der Waals surface area contributed by atoms with E-state index in [1.54, 1.807) is 4.90 Å². The van der Waals surface area contributed by atoms with Gasteiger partial charge in [0.25, 0.3) is 0 Å². The van der Waals surface area contributed by atoms with Gasteiger partial charge in [0.15, 0.2) is 5.78 Å². The Morgan fingerprint density at radius 2 is 1.59 bits per heavy atom. The molecule has 0 saturated heterocycles. The van der Waals surface area contributed by atoms with Gasteiger partial charge in [0.1, 0.15) is 0 Å². The highest BCUT2D eigenvalue weighted by molar-refractivity contribution is 9.10. The van der Waals surface area contributed by atoms with E-state index in [-0.39, 0.29) is 18.1 Å². The molecule has 0 spiro atoms. The number of amides is 1. The quantitative estimate of drug-likeness (QED) is 0.547. The number of nitrogens with zero attached hydrogens (tertiary/aromatic N) is 1. The number of hydrogen-bond acceptors (Lipinski definition) is 2. The average molecular weight is 464 g/mol. The lowest BCUT2D eigenvalue weighted by Crippen LogP contribution is -2.40. The number of rotatable bonds is 2. The molecule has 4 rings (SSSR count). The van der Waals surface area contributed by atoms with E-state index in [1.165, 1.54) is 12.1 Å². The molecule has 1 unspecified atom stereocenters. The zero-order chi connectivity index (χ0) is 20.8. The lowest BCUT2D eigenvalue weighted by atomic mass is 9.77. The Hall–Kier alpha value is -2.41. The summed E-state index contributed by atoms with van der Waals surface area (Å²) in [6.07, 6.45) is -2.76. The van der Waals surface area contributed by atoms with Crippen LogP contribution in [0.4, 0.5) is 18.9 Å². The van der Waals surface area contributed by atoms with E-state index >= 15 is 0 Å². The Balaban J connectivity index is 1.79. The molecular formula is C22H17BrF3NO2. The van der Waals surface area contributed by atoms with Crippen LogP contribution < -0.4 is 4.90 Å². The molecule has 7 heteroatoms. The minimum absolute atomic E-state index is 0.0363. The number of hydrogen-bond donors (Lipinski definition) is 0. The van der Waals surface area contributed by atoms with E-state index in [4.69, 9.17) is 0 Å². The molecular weight excluding hydrogens is 447 g/mol. The molecule has 0 radical (unpaired) electrons. The molecule has 0 fully saturated rings. The molecule has 1 aliphatic heterocycles. The highest BCUT2D eigenvalue weighted by atomic mass is 79.9. The Kier molecular flexibility index (Phi) is 5.11. The minimum atomic E-state index is -4.43. The van der Waals surface area contributed by atoms with Crippen LogP contribution in [0.5, 0.6) is 0 Å². The first-order valence-corrected chi connectivity index (χ1v) is 10.1. The summed E-state index contributed by atoms with van der Waals surface area (Å²) in [6, 6.07) is 12.0. The Bertz CT molecular complexity index is 994. The predicted octanol–water partition coefficient (Wildman–Crippen LogP) is 6.00. The highest BCUT2D eigenvalue weighted by Crippen LogP contribution is 2.44. The van der Waals surface area contributed by atoms with Gasteiger partial charge >= 0.3 is 6.18 Å². The summed E-state index contributed by atoms with van der Waals surface area (Å²) in [7, 11) is 0. The second-order valence-corrected chi connectivity index (χ2v) is 8.13. The van der Waals surface area contributed by atoms with E-state index in [0.29, 0.717) is 41.8 Å². The molecule has 1 aliphatic carbocycles. The van der Waals surface area contributed by atoms with Crippen molar-refractivity contribution in [1.29, 1.82) is 0 Å². The number of anilines is 1. The molecule has 2 aliphatic rings. The van der Waals surface area contributed by atoms with Crippen molar-refractivity contribution < 1.29 is 22.8 Å². The number of alkyl halides is 3. The minimum Gasteiger partial charge on any atom is -0.294 e. The summed E-state index contributed by atoms with van der Waals surface area (Å²) in [6.45, 7) is 0. The first kappa shape index (κ1) is 19.9. The molecule has 1 amide bonds. The molecule has 29 heavy (non-hydrogen) atoms. The molecule has 150 valence electrons. The van der Waals surface area contributed by atoms with Gasteiger partial charge in [-0.1, -0.05) is 28.1 Å². The second kappa shape index (κ2) is 7.44. The van der Waals surface area contributed by atoms with Gasteiger partial charge < -0.3 is 0 Å². The predicted molar refractivity (Wildman–Crippen MR) is 106 cm³/mol. The Morgan fingerprint density at radius 3 is 2.21 bits per heavy atom. The van der Waals surface area contributed by atoms with Gasteiger partial charge in [-0.2, -0.15) is 13.2 Å². The lowest BCUT2D eigenvalue weighted by Gasteiger charge is -2.38. The van der Waals surface area contributed by atoms with Gasteiger partial charge in [0.05, 0.1) is 5.56 Å². The fourth-order valence-electron chi connectivity index (χ4n) is 4.07. The van der Waals surface area contributed by atoms with Crippen LogP contribution in [0, 0.1) is 0 Å². The number of Topliss-reactive ketones (excluding diaryl/α,β-unsaturated/α-hetero) is 1. The number of allylic oxidation sites excluding steroid dienone is 2. The first-order chi connectivity index (χ1) is 13.8. The zero-order valence-corrected chi connectivity index (χ0v) is 16.9. The van der Waals surface area contributed by atoms with E-state index in [0.717, 1.165) is 16.6 Å². The normalized spacial score (nSPS) is 20.1. The van der Waals surface area contributed by atoms with Gasteiger partial charge in [0, 0.05) is 40.2 Å². The molecule has 0 aromatic heterocycles. The molecule has 0 saturated carbocycles. The SMILES string of the molecule is O=C1CCCC2=C1C(c1ccc(C(F)(F)F)cc1)CC(=O)N2c1ccc(Br)cc1.